The van der Waals surface area contributed by atoms with E-state index in [2.05, 4.69) is 25.6 Å². The molecule has 0 bridgehead atoms. The zero-order valence-electron chi connectivity index (χ0n) is 6.08. The first-order chi connectivity index (χ1) is 5.70. The number of aromatic carboxylic acids is 1. The summed E-state index contributed by atoms with van der Waals surface area (Å²) in [7, 11) is 0. The van der Waals surface area contributed by atoms with Crippen LogP contribution in [-0.4, -0.2) is 16.2 Å². The van der Waals surface area contributed by atoms with Gasteiger partial charge in [-0.1, -0.05) is 5.16 Å². The lowest BCUT2D eigenvalue weighted by atomic mass is 10.3. The van der Waals surface area contributed by atoms with Crippen molar-refractivity contribution in [3.8, 4) is 0 Å². The Morgan fingerprint density at radius 2 is 2.33 bits per heavy atom. The number of carboxylic acids is 1. The van der Waals surface area contributed by atoms with Gasteiger partial charge in [0.1, 0.15) is 5.69 Å². The molecule has 1 aromatic rings. The van der Waals surface area contributed by atoms with Gasteiger partial charge < -0.3 is 9.63 Å². The molecule has 12 heavy (non-hydrogen) atoms. The molecule has 1 fully saturated rings. The molecule has 0 saturated heterocycles. The Hall–Kier alpha value is -0.840. The average molecular weight is 232 g/mol. The number of hydrogen-bond acceptors (Lipinski definition) is 3. The van der Waals surface area contributed by atoms with E-state index in [1.165, 1.54) is 0 Å². The summed E-state index contributed by atoms with van der Waals surface area (Å²) in [5.41, 5.74) is 0.743. The van der Waals surface area contributed by atoms with E-state index in [4.69, 9.17) is 5.11 Å². The minimum Gasteiger partial charge on any atom is -0.475 e. The van der Waals surface area contributed by atoms with Crippen molar-refractivity contribution in [2.45, 2.75) is 18.8 Å². The number of rotatable bonds is 2. The highest BCUT2D eigenvalue weighted by molar-refractivity contribution is 9.10. The van der Waals surface area contributed by atoms with Gasteiger partial charge in [0.15, 0.2) is 0 Å². The smallest absolute Gasteiger partial charge is 0.375 e. The van der Waals surface area contributed by atoms with Gasteiger partial charge in [-0.2, -0.15) is 0 Å². The third kappa shape index (κ3) is 1.14. The van der Waals surface area contributed by atoms with Crippen LogP contribution >= 0.6 is 15.9 Å². The largest absolute Gasteiger partial charge is 0.475 e. The first-order valence-electron chi connectivity index (χ1n) is 3.58. The summed E-state index contributed by atoms with van der Waals surface area (Å²) in [6, 6.07) is 0. The van der Waals surface area contributed by atoms with Gasteiger partial charge in [-0.05, 0) is 28.8 Å². The molecule has 0 aromatic carbocycles. The molecule has 1 aromatic heterocycles. The fourth-order valence-electron chi connectivity index (χ4n) is 1.03. The van der Waals surface area contributed by atoms with E-state index in [0.717, 1.165) is 18.5 Å². The lowest BCUT2D eigenvalue weighted by molar-refractivity contribution is 0.0650. The maximum absolute atomic E-state index is 10.5. The van der Waals surface area contributed by atoms with Gasteiger partial charge in [0.25, 0.3) is 5.76 Å². The van der Waals surface area contributed by atoms with E-state index in [0.29, 0.717) is 10.4 Å². The zero-order chi connectivity index (χ0) is 8.72. The Bertz CT molecular complexity index is 329. The molecule has 0 aliphatic heterocycles. The third-order valence-corrected chi connectivity index (χ3v) is 2.58. The van der Waals surface area contributed by atoms with Crippen molar-refractivity contribution in [1.29, 1.82) is 0 Å². The third-order valence-electron chi connectivity index (χ3n) is 1.82. The molecule has 1 saturated carbocycles. The van der Waals surface area contributed by atoms with Crippen LogP contribution in [0.5, 0.6) is 0 Å². The van der Waals surface area contributed by atoms with Gasteiger partial charge in [0.05, 0.1) is 4.47 Å². The molecule has 0 amide bonds. The number of aromatic nitrogens is 1. The van der Waals surface area contributed by atoms with Gasteiger partial charge in [0.2, 0.25) is 0 Å². The molecule has 1 N–H and O–H groups in total. The quantitative estimate of drug-likeness (QED) is 0.846. The lowest BCUT2D eigenvalue weighted by Gasteiger charge is -1.87. The summed E-state index contributed by atoms with van der Waals surface area (Å²) in [6.45, 7) is 0. The molecule has 1 heterocycles. The number of nitrogens with zero attached hydrogens (tertiary/aromatic N) is 1. The first kappa shape index (κ1) is 7.79. The number of carbonyl (C=O) groups is 1. The Labute approximate surface area is 76.7 Å². The Morgan fingerprint density at radius 3 is 2.75 bits per heavy atom. The highest BCUT2D eigenvalue weighted by Gasteiger charge is 2.32. The van der Waals surface area contributed by atoms with E-state index >= 15 is 0 Å². The zero-order valence-corrected chi connectivity index (χ0v) is 7.67. The summed E-state index contributed by atoms with van der Waals surface area (Å²) in [6.07, 6.45) is 2.15. The molecule has 5 heteroatoms. The number of hydrogen-bond donors (Lipinski definition) is 1. The van der Waals surface area contributed by atoms with Crippen LogP contribution in [0.15, 0.2) is 9.00 Å². The van der Waals surface area contributed by atoms with Crippen LogP contribution in [-0.2, 0) is 0 Å². The number of halogens is 1. The van der Waals surface area contributed by atoms with Crippen molar-refractivity contribution >= 4 is 21.9 Å². The molecular weight excluding hydrogens is 226 g/mol. The lowest BCUT2D eigenvalue weighted by Crippen LogP contribution is -1.94. The van der Waals surface area contributed by atoms with Crippen LogP contribution < -0.4 is 0 Å². The van der Waals surface area contributed by atoms with Gasteiger partial charge >= 0.3 is 5.97 Å². The van der Waals surface area contributed by atoms with Crippen LogP contribution in [0.2, 0.25) is 0 Å². The second-order valence-electron chi connectivity index (χ2n) is 2.79. The molecule has 0 atom stereocenters. The Balaban J connectivity index is 2.39. The molecular formula is C7H6BrNO3. The van der Waals surface area contributed by atoms with E-state index < -0.39 is 5.97 Å². The SMILES string of the molecule is O=C(O)c1onc(C2CC2)c1Br. The highest BCUT2D eigenvalue weighted by atomic mass is 79.9. The van der Waals surface area contributed by atoms with Gasteiger partial charge in [-0.3, -0.25) is 0 Å². The highest BCUT2D eigenvalue weighted by Crippen LogP contribution is 2.43. The topological polar surface area (TPSA) is 63.3 Å². The Morgan fingerprint density at radius 1 is 1.67 bits per heavy atom. The second-order valence-corrected chi connectivity index (χ2v) is 3.58. The second kappa shape index (κ2) is 2.58. The predicted molar refractivity (Wildman–Crippen MR) is 43.1 cm³/mol. The average Bonchev–Trinajstić information content (AvgIpc) is 2.75. The maximum Gasteiger partial charge on any atom is 0.375 e. The molecule has 4 nitrogen and oxygen atoms in total. The van der Waals surface area contributed by atoms with Crippen LogP contribution in [0.3, 0.4) is 0 Å². The van der Waals surface area contributed by atoms with Crippen LogP contribution in [0.4, 0.5) is 0 Å². The fourth-order valence-corrected chi connectivity index (χ4v) is 1.67. The van der Waals surface area contributed by atoms with Crippen molar-refractivity contribution in [3.05, 3.63) is 15.9 Å². The summed E-state index contributed by atoms with van der Waals surface area (Å²) in [5.74, 6) is -0.783. The van der Waals surface area contributed by atoms with Crippen LogP contribution in [0.25, 0.3) is 0 Å². The van der Waals surface area contributed by atoms with Crippen molar-refractivity contribution < 1.29 is 14.4 Å². The molecule has 1 aliphatic rings. The van der Waals surface area contributed by atoms with E-state index in [1.807, 2.05) is 0 Å². The van der Waals surface area contributed by atoms with E-state index in [-0.39, 0.29) is 5.76 Å². The monoisotopic (exact) mass is 231 g/mol. The van der Waals surface area contributed by atoms with E-state index in [9.17, 15) is 4.79 Å². The molecule has 0 spiro atoms. The van der Waals surface area contributed by atoms with Crippen molar-refractivity contribution in [2.75, 3.05) is 0 Å². The summed E-state index contributed by atoms with van der Waals surface area (Å²) in [4.78, 5) is 10.5. The minimum atomic E-state index is -1.08. The fraction of sp³-hybridized carbons (Fsp3) is 0.429. The minimum absolute atomic E-state index is 0.100. The van der Waals surface area contributed by atoms with Gasteiger partial charge in [0, 0.05) is 5.92 Å². The maximum atomic E-state index is 10.5. The van der Waals surface area contributed by atoms with Crippen LogP contribution in [0, 0.1) is 0 Å². The molecule has 0 unspecified atom stereocenters. The van der Waals surface area contributed by atoms with Gasteiger partial charge in [-0.25, -0.2) is 4.79 Å². The standard InChI is InChI=1S/C7H6BrNO3/c8-4-5(3-1-2-3)9-12-6(4)7(10)11/h3H,1-2H2,(H,10,11). The van der Waals surface area contributed by atoms with E-state index in [1.54, 1.807) is 0 Å². The number of carboxylic acid groups (broad SMARTS) is 1. The van der Waals surface area contributed by atoms with Crippen molar-refractivity contribution in [3.63, 3.8) is 0 Å². The van der Waals surface area contributed by atoms with Crippen molar-refractivity contribution in [1.82, 2.24) is 5.16 Å². The van der Waals surface area contributed by atoms with Gasteiger partial charge in [-0.15, -0.1) is 0 Å². The molecule has 2 rings (SSSR count). The molecule has 0 radical (unpaired) electrons. The molecule has 1 aliphatic carbocycles. The normalized spacial score (nSPS) is 16.4. The predicted octanol–water partition coefficient (Wildman–Crippen LogP) is 2.01. The summed E-state index contributed by atoms with van der Waals surface area (Å²) >= 11 is 3.16. The Kier molecular flexibility index (Phi) is 1.68. The first-order valence-corrected chi connectivity index (χ1v) is 4.38. The van der Waals surface area contributed by atoms with Crippen molar-refractivity contribution in [2.24, 2.45) is 0 Å². The summed E-state index contributed by atoms with van der Waals surface area (Å²) in [5, 5.41) is 12.3. The van der Waals surface area contributed by atoms with Crippen LogP contribution in [0.1, 0.15) is 35.0 Å². The summed E-state index contributed by atoms with van der Waals surface area (Å²) < 4.78 is 5.16. The molecule has 64 valence electrons.